The Morgan fingerprint density at radius 3 is 2.79 bits per heavy atom. The van der Waals surface area contributed by atoms with Crippen molar-refractivity contribution >= 4 is 46.1 Å². The summed E-state index contributed by atoms with van der Waals surface area (Å²) >= 11 is 5.94. The lowest BCUT2D eigenvalue weighted by molar-refractivity contribution is -0.116. The Hall–Kier alpha value is -3.98. The van der Waals surface area contributed by atoms with Crippen molar-refractivity contribution in [3.05, 3.63) is 77.5 Å². The summed E-state index contributed by atoms with van der Waals surface area (Å²) in [5, 5.41) is 6.82. The second kappa shape index (κ2) is 9.25. The van der Waals surface area contributed by atoms with E-state index in [1.807, 2.05) is 0 Å². The van der Waals surface area contributed by atoms with E-state index in [2.05, 4.69) is 15.4 Å². The van der Waals surface area contributed by atoms with E-state index in [1.165, 1.54) is 37.3 Å². The number of aromatic nitrogens is 3. The smallest absolute Gasteiger partial charge is 0.229 e. The molecule has 3 aromatic heterocycles. The molecule has 168 valence electrons. The third-order valence-corrected chi connectivity index (χ3v) is 5.32. The number of benzene rings is 1. The largest absolute Gasteiger partial charge is 0.493 e. The van der Waals surface area contributed by atoms with Crippen molar-refractivity contribution in [2.75, 3.05) is 17.3 Å². The Morgan fingerprint density at radius 1 is 1.21 bits per heavy atom. The van der Waals surface area contributed by atoms with Crippen LogP contribution in [0.5, 0.6) is 5.75 Å². The van der Waals surface area contributed by atoms with Crippen molar-refractivity contribution in [1.82, 2.24) is 14.6 Å². The third kappa shape index (κ3) is 4.63. The quantitative estimate of drug-likeness (QED) is 0.454. The lowest BCUT2D eigenvalue weighted by Crippen LogP contribution is -2.25. The predicted molar refractivity (Wildman–Crippen MR) is 123 cm³/mol. The van der Waals surface area contributed by atoms with Gasteiger partial charge in [-0.1, -0.05) is 23.7 Å². The molecule has 0 atom stereocenters. The van der Waals surface area contributed by atoms with Crippen LogP contribution in [0.15, 0.2) is 61.1 Å². The Bertz CT molecular complexity index is 1360. The van der Waals surface area contributed by atoms with Gasteiger partial charge in [0, 0.05) is 31.1 Å². The van der Waals surface area contributed by atoms with Crippen LogP contribution in [0.2, 0.25) is 5.02 Å². The van der Waals surface area contributed by atoms with Gasteiger partial charge in [-0.15, -0.1) is 0 Å². The maximum absolute atomic E-state index is 13.6. The molecular weight excluding hydrogens is 449 g/mol. The molecule has 1 aromatic carbocycles. The zero-order valence-electron chi connectivity index (χ0n) is 17.8. The Labute approximate surface area is 193 Å². The summed E-state index contributed by atoms with van der Waals surface area (Å²) < 4.78 is 20.7. The van der Waals surface area contributed by atoms with Crippen molar-refractivity contribution in [2.45, 2.75) is 13.3 Å². The van der Waals surface area contributed by atoms with Crippen LogP contribution in [-0.4, -0.2) is 33.5 Å². The minimum Gasteiger partial charge on any atom is -0.493 e. The molecule has 0 fully saturated rings. The van der Waals surface area contributed by atoms with Crippen molar-refractivity contribution in [3.63, 3.8) is 0 Å². The van der Waals surface area contributed by atoms with Gasteiger partial charge in [-0.2, -0.15) is 5.10 Å². The molecule has 4 aromatic rings. The summed E-state index contributed by atoms with van der Waals surface area (Å²) in [4.78, 5) is 30.8. The van der Waals surface area contributed by atoms with Gasteiger partial charge < -0.3 is 10.1 Å². The van der Waals surface area contributed by atoms with Gasteiger partial charge in [0.1, 0.15) is 11.6 Å². The number of amides is 2. The summed E-state index contributed by atoms with van der Waals surface area (Å²) in [6.07, 6.45) is 4.65. The van der Waals surface area contributed by atoms with E-state index in [-0.39, 0.29) is 23.2 Å². The second-order valence-corrected chi connectivity index (χ2v) is 7.50. The fourth-order valence-electron chi connectivity index (χ4n) is 3.40. The topological polar surface area (TPSA) is 88.8 Å². The molecule has 0 bridgehead atoms. The molecule has 33 heavy (non-hydrogen) atoms. The number of ether oxygens (including phenoxy) is 1. The van der Waals surface area contributed by atoms with Crippen LogP contribution in [0.4, 0.5) is 21.6 Å². The fraction of sp³-hybridized carbons (Fsp3) is 0.130. The van der Waals surface area contributed by atoms with E-state index in [4.69, 9.17) is 16.3 Å². The monoisotopic (exact) mass is 467 g/mol. The molecule has 0 aliphatic carbocycles. The molecule has 1 N–H and O–H groups in total. The van der Waals surface area contributed by atoms with Crippen molar-refractivity contribution in [3.8, 4) is 5.75 Å². The van der Waals surface area contributed by atoms with Crippen LogP contribution in [0.3, 0.4) is 0 Å². The summed E-state index contributed by atoms with van der Waals surface area (Å²) in [6.45, 7) is 1.40. The van der Waals surface area contributed by atoms with Gasteiger partial charge >= 0.3 is 0 Å². The standard InChI is InChI=1S/C23H19ClFN5O3/c1-14(31)30(19-12-17-7-9-27-29(17)13-20(19)33-2)21-11-16(6-8-26-21)28-22(32)10-15-4-3-5-18(25)23(15)24/h3-9,11-13H,10H2,1-2H3,(H,26,28,32). The van der Waals surface area contributed by atoms with Crippen LogP contribution in [0.1, 0.15) is 12.5 Å². The number of methoxy groups -OCH3 is 1. The van der Waals surface area contributed by atoms with E-state index in [9.17, 15) is 14.0 Å². The van der Waals surface area contributed by atoms with Crippen LogP contribution < -0.4 is 15.0 Å². The third-order valence-electron chi connectivity index (χ3n) is 4.89. The summed E-state index contributed by atoms with van der Waals surface area (Å²) in [5.74, 6) is -0.592. The molecule has 0 radical (unpaired) electrons. The Morgan fingerprint density at radius 2 is 2.03 bits per heavy atom. The predicted octanol–water partition coefficient (Wildman–Crippen LogP) is 4.40. The van der Waals surface area contributed by atoms with Crippen LogP contribution in [0.25, 0.3) is 5.52 Å². The first-order valence-corrected chi connectivity index (χ1v) is 10.3. The number of halogens is 2. The fourth-order valence-corrected chi connectivity index (χ4v) is 3.60. The number of carbonyl (C=O) groups excluding carboxylic acids is 2. The summed E-state index contributed by atoms with van der Waals surface area (Å²) in [5.41, 5.74) is 2.01. The van der Waals surface area contributed by atoms with Gasteiger partial charge in [0.2, 0.25) is 11.8 Å². The van der Waals surface area contributed by atoms with Crippen LogP contribution in [0, 0.1) is 5.82 Å². The van der Waals surface area contributed by atoms with E-state index < -0.39 is 11.7 Å². The number of rotatable bonds is 6. The lowest BCUT2D eigenvalue weighted by atomic mass is 10.1. The molecule has 0 spiro atoms. The molecular formula is C23H19ClFN5O3. The number of carbonyl (C=O) groups is 2. The van der Waals surface area contributed by atoms with Gasteiger partial charge in [0.15, 0.2) is 5.75 Å². The zero-order valence-corrected chi connectivity index (χ0v) is 18.5. The number of nitrogens with one attached hydrogen (secondary N) is 1. The SMILES string of the molecule is COc1cn2nccc2cc1N(C(C)=O)c1cc(NC(=O)Cc2cccc(F)c2Cl)ccn1. The molecule has 0 aliphatic heterocycles. The van der Waals surface area contributed by atoms with Gasteiger partial charge in [-0.05, 0) is 29.8 Å². The average Bonchev–Trinajstić information content (AvgIpc) is 3.24. The Kier molecular flexibility index (Phi) is 6.23. The maximum Gasteiger partial charge on any atom is 0.229 e. The molecule has 8 nitrogen and oxygen atoms in total. The number of hydrogen-bond acceptors (Lipinski definition) is 5. The normalized spacial score (nSPS) is 10.8. The van der Waals surface area contributed by atoms with Crippen LogP contribution >= 0.6 is 11.6 Å². The molecule has 0 unspecified atom stereocenters. The highest BCUT2D eigenvalue weighted by Crippen LogP contribution is 2.35. The number of fused-ring (bicyclic) bond motifs is 1. The van der Waals surface area contributed by atoms with E-state index in [0.717, 1.165) is 5.52 Å². The Balaban J connectivity index is 1.63. The van der Waals surface area contributed by atoms with E-state index in [0.29, 0.717) is 22.7 Å². The molecule has 10 heteroatoms. The molecule has 4 rings (SSSR count). The zero-order chi connectivity index (χ0) is 23.5. The lowest BCUT2D eigenvalue weighted by Gasteiger charge is -2.23. The molecule has 3 heterocycles. The molecule has 0 saturated heterocycles. The van der Waals surface area contributed by atoms with Gasteiger partial charge in [-0.25, -0.2) is 13.9 Å². The van der Waals surface area contributed by atoms with Gasteiger partial charge in [0.05, 0.1) is 36.0 Å². The number of hydrogen-bond donors (Lipinski definition) is 1. The van der Waals surface area contributed by atoms with Gasteiger partial charge in [-0.3, -0.25) is 14.5 Å². The van der Waals surface area contributed by atoms with Crippen molar-refractivity contribution < 1.29 is 18.7 Å². The highest BCUT2D eigenvalue weighted by molar-refractivity contribution is 6.31. The highest BCUT2D eigenvalue weighted by atomic mass is 35.5. The van der Waals surface area contributed by atoms with E-state index >= 15 is 0 Å². The minimum atomic E-state index is -0.589. The van der Waals surface area contributed by atoms with Crippen LogP contribution in [-0.2, 0) is 16.0 Å². The summed E-state index contributed by atoms with van der Waals surface area (Å²) in [7, 11) is 1.49. The molecule has 2 amide bonds. The first-order chi connectivity index (χ1) is 15.9. The van der Waals surface area contributed by atoms with Crippen molar-refractivity contribution in [1.29, 1.82) is 0 Å². The van der Waals surface area contributed by atoms with Crippen molar-refractivity contribution in [2.24, 2.45) is 0 Å². The number of anilines is 3. The molecule has 0 aliphatic rings. The summed E-state index contributed by atoms with van der Waals surface area (Å²) in [6, 6.07) is 11.0. The average molecular weight is 468 g/mol. The molecule has 0 saturated carbocycles. The van der Waals surface area contributed by atoms with E-state index in [1.54, 1.807) is 47.2 Å². The minimum absolute atomic E-state index is 0.0896. The first kappa shape index (κ1) is 22.2. The first-order valence-electron chi connectivity index (χ1n) is 9.88. The van der Waals surface area contributed by atoms with Gasteiger partial charge in [0.25, 0.3) is 0 Å². The highest BCUT2D eigenvalue weighted by Gasteiger charge is 2.21. The number of pyridine rings is 2. The second-order valence-electron chi connectivity index (χ2n) is 7.12. The number of nitrogens with zero attached hydrogens (tertiary/aromatic N) is 4. The maximum atomic E-state index is 13.6.